The Kier molecular flexibility index (Phi) is 4.00. The van der Waals surface area contributed by atoms with Crippen molar-refractivity contribution < 1.29 is 5.11 Å². The molecule has 2 fully saturated rings. The Balaban J connectivity index is 1.74. The first-order chi connectivity index (χ1) is 7.24. The third kappa shape index (κ3) is 3.44. The fraction of sp³-hybridized carbons (Fsp3) is 1.00. The summed E-state index contributed by atoms with van der Waals surface area (Å²) in [5, 5.41) is 12.8. The maximum absolute atomic E-state index is 9.45. The molecule has 15 heavy (non-hydrogen) atoms. The highest BCUT2D eigenvalue weighted by Gasteiger charge is 2.24. The lowest BCUT2D eigenvalue weighted by atomic mass is 10.0. The number of aliphatic hydroxyl groups is 1. The van der Waals surface area contributed by atoms with E-state index >= 15 is 0 Å². The van der Waals surface area contributed by atoms with Gasteiger partial charge in [-0.2, -0.15) is 0 Å². The van der Waals surface area contributed by atoms with Gasteiger partial charge in [0.05, 0.1) is 6.10 Å². The molecule has 0 bridgehead atoms. The van der Waals surface area contributed by atoms with E-state index in [0.717, 1.165) is 25.4 Å². The molecule has 0 radical (unpaired) electrons. The molecule has 0 amide bonds. The molecule has 3 nitrogen and oxygen atoms in total. The molecule has 2 N–H and O–H groups in total. The summed E-state index contributed by atoms with van der Waals surface area (Å²) in [6.07, 6.45) is 4.90. The molecule has 3 heteroatoms. The van der Waals surface area contributed by atoms with Gasteiger partial charge in [-0.25, -0.2) is 0 Å². The predicted molar refractivity (Wildman–Crippen MR) is 61.9 cm³/mol. The van der Waals surface area contributed by atoms with Crippen LogP contribution in [0.3, 0.4) is 0 Å². The van der Waals surface area contributed by atoms with Crippen LogP contribution < -0.4 is 5.32 Å². The van der Waals surface area contributed by atoms with Crippen LogP contribution in [0, 0.1) is 5.92 Å². The van der Waals surface area contributed by atoms with Crippen molar-refractivity contribution >= 4 is 0 Å². The first-order valence-electron chi connectivity index (χ1n) is 6.38. The van der Waals surface area contributed by atoms with Crippen LogP contribution in [0.5, 0.6) is 0 Å². The fourth-order valence-electron chi connectivity index (χ4n) is 2.75. The van der Waals surface area contributed by atoms with Crippen molar-refractivity contribution in [2.24, 2.45) is 5.92 Å². The van der Waals surface area contributed by atoms with Crippen molar-refractivity contribution in [3.8, 4) is 0 Å². The Bertz CT molecular complexity index is 198. The Morgan fingerprint density at radius 3 is 2.93 bits per heavy atom. The third-order valence-corrected chi connectivity index (χ3v) is 3.79. The summed E-state index contributed by atoms with van der Waals surface area (Å²) in [6.45, 7) is 6.77. The first-order valence-corrected chi connectivity index (χ1v) is 6.38. The number of nitrogens with one attached hydrogen (secondary N) is 1. The van der Waals surface area contributed by atoms with Crippen molar-refractivity contribution in [3.05, 3.63) is 0 Å². The number of β-amino-alcohol motifs (C(OH)–C–C–N with tert-alkyl or cyclic N) is 1. The van der Waals surface area contributed by atoms with E-state index in [9.17, 15) is 5.11 Å². The standard InChI is InChI=1S/C12H24N2O/c1-10-3-2-5-14(6-4-10)9-11-7-12(15)8-13-11/h10-13,15H,2-9H2,1H3. The lowest BCUT2D eigenvalue weighted by Gasteiger charge is -2.23. The van der Waals surface area contributed by atoms with Crippen molar-refractivity contribution in [3.63, 3.8) is 0 Å². The predicted octanol–water partition coefficient (Wildman–Crippen LogP) is 0.831. The minimum atomic E-state index is -0.110. The van der Waals surface area contributed by atoms with E-state index in [4.69, 9.17) is 0 Å². The van der Waals surface area contributed by atoms with Gasteiger partial charge in [0.1, 0.15) is 0 Å². The fourth-order valence-corrected chi connectivity index (χ4v) is 2.75. The second-order valence-electron chi connectivity index (χ2n) is 5.33. The van der Waals surface area contributed by atoms with Crippen LogP contribution in [0.15, 0.2) is 0 Å². The van der Waals surface area contributed by atoms with E-state index in [2.05, 4.69) is 17.1 Å². The van der Waals surface area contributed by atoms with Crippen LogP contribution >= 0.6 is 0 Å². The minimum absolute atomic E-state index is 0.110. The van der Waals surface area contributed by atoms with Crippen LogP contribution in [-0.2, 0) is 0 Å². The Morgan fingerprint density at radius 2 is 2.20 bits per heavy atom. The Labute approximate surface area is 92.8 Å². The molecule has 2 heterocycles. The molecule has 88 valence electrons. The van der Waals surface area contributed by atoms with Gasteiger partial charge in [-0.1, -0.05) is 6.92 Å². The van der Waals surface area contributed by atoms with E-state index in [1.165, 1.54) is 32.4 Å². The van der Waals surface area contributed by atoms with Gasteiger partial charge in [0, 0.05) is 19.1 Å². The minimum Gasteiger partial charge on any atom is -0.392 e. The molecular formula is C12H24N2O. The molecule has 0 aliphatic carbocycles. The van der Waals surface area contributed by atoms with Crippen molar-refractivity contribution in [2.75, 3.05) is 26.2 Å². The van der Waals surface area contributed by atoms with Crippen LogP contribution in [0.25, 0.3) is 0 Å². The normalized spacial score (nSPS) is 39.2. The summed E-state index contributed by atoms with van der Waals surface area (Å²) in [6, 6.07) is 0.522. The zero-order valence-corrected chi connectivity index (χ0v) is 9.78. The van der Waals surface area contributed by atoms with Crippen molar-refractivity contribution in [1.29, 1.82) is 0 Å². The quantitative estimate of drug-likeness (QED) is 0.712. The number of rotatable bonds is 2. The van der Waals surface area contributed by atoms with E-state index < -0.39 is 0 Å². The highest BCUT2D eigenvalue weighted by Crippen LogP contribution is 2.17. The van der Waals surface area contributed by atoms with Gasteiger partial charge < -0.3 is 15.3 Å². The maximum Gasteiger partial charge on any atom is 0.0680 e. The lowest BCUT2D eigenvalue weighted by molar-refractivity contribution is 0.187. The monoisotopic (exact) mass is 212 g/mol. The first kappa shape index (κ1) is 11.4. The average Bonchev–Trinajstić information content (AvgIpc) is 2.48. The number of aliphatic hydroxyl groups excluding tert-OH is 1. The number of hydrogen-bond acceptors (Lipinski definition) is 3. The van der Waals surface area contributed by atoms with Crippen LogP contribution in [-0.4, -0.2) is 48.3 Å². The summed E-state index contributed by atoms with van der Waals surface area (Å²) in [4.78, 5) is 2.57. The molecule has 3 atom stereocenters. The maximum atomic E-state index is 9.45. The van der Waals surface area contributed by atoms with Crippen LogP contribution in [0.4, 0.5) is 0 Å². The van der Waals surface area contributed by atoms with Crippen molar-refractivity contribution in [1.82, 2.24) is 10.2 Å². The average molecular weight is 212 g/mol. The summed E-state index contributed by atoms with van der Waals surface area (Å²) >= 11 is 0. The van der Waals surface area contributed by atoms with Crippen LogP contribution in [0.1, 0.15) is 32.6 Å². The molecule has 0 spiro atoms. The number of likely N-dealkylation sites (tertiary alicyclic amines) is 1. The lowest BCUT2D eigenvalue weighted by Crippen LogP contribution is -2.38. The molecule has 0 aromatic rings. The van der Waals surface area contributed by atoms with Gasteiger partial charge >= 0.3 is 0 Å². The molecular weight excluding hydrogens is 188 g/mol. The SMILES string of the molecule is CC1CCCN(CC2CC(O)CN2)CC1. The van der Waals surface area contributed by atoms with Gasteiger partial charge in [0.2, 0.25) is 0 Å². The van der Waals surface area contributed by atoms with Gasteiger partial charge in [-0.05, 0) is 44.7 Å². The highest BCUT2D eigenvalue weighted by atomic mass is 16.3. The van der Waals surface area contributed by atoms with E-state index in [0.29, 0.717) is 6.04 Å². The molecule has 2 saturated heterocycles. The summed E-state index contributed by atoms with van der Waals surface area (Å²) in [7, 11) is 0. The number of hydrogen-bond donors (Lipinski definition) is 2. The molecule has 3 unspecified atom stereocenters. The van der Waals surface area contributed by atoms with Crippen molar-refractivity contribution in [2.45, 2.75) is 44.8 Å². The van der Waals surface area contributed by atoms with Crippen LogP contribution in [0.2, 0.25) is 0 Å². The van der Waals surface area contributed by atoms with Gasteiger partial charge in [0.25, 0.3) is 0 Å². The molecule has 2 rings (SSSR count). The molecule has 2 aliphatic rings. The third-order valence-electron chi connectivity index (χ3n) is 3.79. The molecule has 0 aromatic carbocycles. The number of nitrogens with zero attached hydrogens (tertiary/aromatic N) is 1. The Hall–Kier alpha value is -0.120. The van der Waals surface area contributed by atoms with Gasteiger partial charge in [-0.15, -0.1) is 0 Å². The van der Waals surface area contributed by atoms with E-state index in [-0.39, 0.29) is 6.10 Å². The van der Waals surface area contributed by atoms with Gasteiger partial charge in [0.15, 0.2) is 0 Å². The smallest absolute Gasteiger partial charge is 0.0680 e. The zero-order chi connectivity index (χ0) is 10.7. The summed E-state index contributed by atoms with van der Waals surface area (Å²) in [5.74, 6) is 0.900. The Morgan fingerprint density at radius 1 is 1.33 bits per heavy atom. The molecule has 0 saturated carbocycles. The summed E-state index contributed by atoms with van der Waals surface area (Å²) < 4.78 is 0. The van der Waals surface area contributed by atoms with E-state index in [1.807, 2.05) is 0 Å². The second-order valence-corrected chi connectivity index (χ2v) is 5.33. The van der Waals surface area contributed by atoms with E-state index in [1.54, 1.807) is 0 Å². The zero-order valence-electron chi connectivity index (χ0n) is 9.78. The van der Waals surface area contributed by atoms with Gasteiger partial charge in [-0.3, -0.25) is 0 Å². The summed E-state index contributed by atoms with van der Waals surface area (Å²) in [5.41, 5.74) is 0. The molecule has 2 aliphatic heterocycles. The topological polar surface area (TPSA) is 35.5 Å². The second kappa shape index (κ2) is 5.28. The largest absolute Gasteiger partial charge is 0.392 e. The molecule has 0 aromatic heterocycles. The highest BCUT2D eigenvalue weighted by molar-refractivity contribution is 4.84.